The van der Waals surface area contributed by atoms with Crippen molar-refractivity contribution in [2.24, 2.45) is 0 Å². The van der Waals surface area contributed by atoms with Gasteiger partial charge in [0.05, 0.1) is 11.5 Å². The van der Waals surface area contributed by atoms with Gasteiger partial charge in [-0.15, -0.1) is 11.3 Å². The van der Waals surface area contributed by atoms with Gasteiger partial charge in [0.2, 0.25) is 5.91 Å². The van der Waals surface area contributed by atoms with Crippen molar-refractivity contribution in [1.29, 1.82) is 0 Å². The number of hydrogen-bond donors (Lipinski definition) is 0. The van der Waals surface area contributed by atoms with Crippen LogP contribution in [0.3, 0.4) is 0 Å². The zero-order valence-electron chi connectivity index (χ0n) is 11.9. The fourth-order valence-electron chi connectivity index (χ4n) is 2.47. The van der Waals surface area contributed by atoms with Crippen LogP contribution in [0.5, 0.6) is 0 Å². The Labute approximate surface area is 131 Å². The van der Waals surface area contributed by atoms with Crippen molar-refractivity contribution in [2.45, 2.75) is 6.42 Å². The van der Waals surface area contributed by atoms with Crippen molar-refractivity contribution in [3.63, 3.8) is 0 Å². The van der Waals surface area contributed by atoms with Crippen LogP contribution >= 0.6 is 11.3 Å². The van der Waals surface area contributed by atoms with Crippen LogP contribution < -0.4 is 9.80 Å². The number of aromatic nitrogens is 1. The Morgan fingerprint density at radius 1 is 1.55 bits per heavy atom. The molecule has 0 aliphatic carbocycles. The van der Waals surface area contributed by atoms with E-state index in [0.29, 0.717) is 11.7 Å². The normalized spacial score (nSPS) is 13.0. The molecule has 114 valence electrons. The van der Waals surface area contributed by atoms with Crippen molar-refractivity contribution in [3.05, 3.63) is 45.5 Å². The van der Waals surface area contributed by atoms with Gasteiger partial charge in [-0.05, 0) is 12.0 Å². The molecule has 1 aromatic heterocycles. The number of likely N-dealkylation sites (N-methyl/N-ethyl adjacent to an activating group) is 1. The van der Waals surface area contributed by atoms with E-state index < -0.39 is 4.92 Å². The number of rotatable bonds is 4. The Morgan fingerprint density at radius 2 is 2.36 bits per heavy atom. The molecular weight excluding hydrogens is 304 g/mol. The third-order valence-corrected chi connectivity index (χ3v) is 4.53. The summed E-state index contributed by atoms with van der Waals surface area (Å²) >= 11 is 1.40. The molecule has 0 radical (unpaired) electrons. The predicted octanol–water partition coefficient (Wildman–Crippen LogP) is 2.08. The van der Waals surface area contributed by atoms with Gasteiger partial charge >= 0.3 is 0 Å². The van der Waals surface area contributed by atoms with Crippen molar-refractivity contribution in [1.82, 2.24) is 4.98 Å². The highest BCUT2D eigenvalue weighted by molar-refractivity contribution is 7.13. The maximum absolute atomic E-state index is 12.3. The van der Waals surface area contributed by atoms with E-state index in [1.165, 1.54) is 22.3 Å². The SMILES string of the molecule is CN(C(=O)CN1CCc2ccc([N+](=O)[O-])cc21)c1nccs1. The molecule has 3 rings (SSSR count). The number of anilines is 2. The average molecular weight is 318 g/mol. The summed E-state index contributed by atoms with van der Waals surface area (Å²) in [6, 6.07) is 4.81. The standard InChI is InChI=1S/C14H14N4O3S/c1-16(14-15-5-7-22-14)13(19)9-17-6-4-10-2-3-11(18(20)21)8-12(10)17/h2-3,5,7-8H,4,6,9H2,1H3. The number of nitro benzene ring substituents is 1. The topological polar surface area (TPSA) is 79.6 Å². The molecule has 2 heterocycles. The molecule has 1 aliphatic rings. The number of thiazole rings is 1. The predicted molar refractivity (Wildman–Crippen MR) is 84.5 cm³/mol. The molecule has 1 amide bonds. The minimum atomic E-state index is -0.416. The first-order valence-corrected chi connectivity index (χ1v) is 7.62. The van der Waals surface area contributed by atoms with Crippen LogP contribution in [0.4, 0.5) is 16.5 Å². The van der Waals surface area contributed by atoms with Crippen molar-refractivity contribution in [3.8, 4) is 0 Å². The third-order valence-electron chi connectivity index (χ3n) is 3.68. The quantitative estimate of drug-likeness (QED) is 0.637. The molecule has 22 heavy (non-hydrogen) atoms. The van der Waals surface area contributed by atoms with E-state index >= 15 is 0 Å². The molecular formula is C14H14N4O3S. The van der Waals surface area contributed by atoms with E-state index in [2.05, 4.69) is 4.98 Å². The number of carbonyl (C=O) groups excluding carboxylic acids is 1. The van der Waals surface area contributed by atoms with Gasteiger partial charge in [-0.2, -0.15) is 0 Å². The first-order chi connectivity index (χ1) is 10.6. The summed E-state index contributed by atoms with van der Waals surface area (Å²) in [4.78, 5) is 30.3. The van der Waals surface area contributed by atoms with Gasteiger partial charge in [-0.1, -0.05) is 6.07 Å². The maximum Gasteiger partial charge on any atom is 0.271 e. The second kappa shape index (κ2) is 5.72. The van der Waals surface area contributed by atoms with Crippen LogP contribution in [0.1, 0.15) is 5.56 Å². The van der Waals surface area contributed by atoms with E-state index in [0.717, 1.165) is 17.7 Å². The lowest BCUT2D eigenvalue weighted by molar-refractivity contribution is -0.384. The minimum absolute atomic E-state index is 0.0476. The molecule has 0 saturated heterocycles. The second-order valence-electron chi connectivity index (χ2n) is 5.01. The van der Waals surface area contributed by atoms with Crippen LogP contribution in [0.2, 0.25) is 0 Å². The van der Waals surface area contributed by atoms with E-state index in [-0.39, 0.29) is 18.1 Å². The lowest BCUT2D eigenvalue weighted by atomic mass is 10.1. The first-order valence-electron chi connectivity index (χ1n) is 6.74. The van der Waals surface area contributed by atoms with Crippen LogP contribution in [-0.2, 0) is 11.2 Å². The van der Waals surface area contributed by atoms with Crippen molar-refractivity contribution >= 4 is 33.8 Å². The number of benzene rings is 1. The van der Waals surface area contributed by atoms with Crippen LogP contribution in [0.15, 0.2) is 29.8 Å². The summed E-state index contributed by atoms with van der Waals surface area (Å²) in [7, 11) is 1.69. The summed E-state index contributed by atoms with van der Waals surface area (Å²) in [6.45, 7) is 0.873. The summed E-state index contributed by atoms with van der Waals surface area (Å²) in [5.74, 6) is -0.0886. The number of amides is 1. The van der Waals surface area contributed by atoms with E-state index in [9.17, 15) is 14.9 Å². The van der Waals surface area contributed by atoms with Crippen LogP contribution in [0.25, 0.3) is 0 Å². The van der Waals surface area contributed by atoms with Gasteiger partial charge in [0.1, 0.15) is 0 Å². The molecule has 7 nitrogen and oxygen atoms in total. The minimum Gasteiger partial charge on any atom is -0.361 e. The molecule has 0 spiro atoms. The monoisotopic (exact) mass is 318 g/mol. The molecule has 0 saturated carbocycles. The molecule has 1 aliphatic heterocycles. The number of fused-ring (bicyclic) bond motifs is 1. The van der Waals surface area contributed by atoms with Gasteiger partial charge < -0.3 is 4.90 Å². The number of nitrogens with zero attached hydrogens (tertiary/aromatic N) is 4. The summed E-state index contributed by atoms with van der Waals surface area (Å²) in [5, 5.41) is 13.4. The number of nitro groups is 1. The highest BCUT2D eigenvalue weighted by atomic mass is 32.1. The molecule has 0 N–H and O–H groups in total. The summed E-state index contributed by atoms with van der Waals surface area (Å²) < 4.78 is 0. The van der Waals surface area contributed by atoms with Gasteiger partial charge in [0, 0.05) is 43.0 Å². The van der Waals surface area contributed by atoms with E-state index in [1.54, 1.807) is 25.4 Å². The highest BCUT2D eigenvalue weighted by Gasteiger charge is 2.25. The van der Waals surface area contributed by atoms with Crippen molar-refractivity contribution in [2.75, 3.05) is 29.9 Å². The summed E-state index contributed by atoms with van der Waals surface area (Å²) in [5.41, 5.74) is 1.86. The van der Waals surface area contributed by atoms with Crippen LogP contribution in [0, 0.1) is 10.1 Å². The molecule has 0 bridgehead atoms. The molecule has 1 aromatic carbocycles. The Morgan fingerprint density at radius 3 is 3.05 bits per heavy atom. The molecule has 0 atom stereocenters. The lowest BCUT2D eigenvalue weighted by Crippen LogP contribution is -2.37. The number of non-ortho nitro benzene ring substituents is 1. The van der Waals surface area contributed by atoms with Gasteiger partial charge in [0.15, 0.2) is 5.13 Å². The fourth-order valence-corrected chi connectivity index (χ4v) is 3.09. The van der Waals surface area contributed by atoms with Gasteiger partial charge in [-0.3, -0.25) is 19.8 Å². The Kier molecular flexibility index (Phi) is 3.76. The second-order valence-corrected chi connectivity index (χ2v) is 5.88. The number of hydrogen-bond acceptors (Lipinski definition) is 6. The van der Waals surface area contributed by atoms with Gasteiger partial charge in [0.25, 0.3) is 5.69 Å². The maximum atomic E-state index is 12.3. The zero-order chi connectivity index (χ0) is 15.7. The summed E-state index contributed by atoms with van der Waals surface area (Å²) in [6.07, 6.45) is 2.44. The van der Waals surface area contributed by atoms with E-state index in [4.69, 9.17) is 0 Å². The molecule has 0 unspecified atom stereocenters. The molecule has 8 heteroatoms. The van der Waals surface area contributed by atoms with Crippen LogP contribution in [-0.4, -0.2) is 36.0 Å². The van der Waals surface area contributed by atoms with E-state index in [1.807, 2.05) is 10.3 Å². The third kappa shape index (κ3) is 2.64. The highest BCUT2D eigenvalue weighted by Crippen LogP contribution is 2.31. The zero-order valence-corrected chi connectivity index (χ0v) is 12.7. The van der Waals surface area contributed by atoms with Gasteiger partial charge in [-0.25, -0.2) is 4.98 Å². The van der Waals surface area contributed by atoms with Crippen molar-refractivity contribution < 1.29 is 9.72 Å². The smallest absolute Gasteiger partial charge is 0.271 e. The largest absolute Gasteiger partial charge is 0.361 e. The Balaban J connectivity index is 1.77. The Hall–Kier alpha value is -2.48. The number of carbonyl (C=O) groups is 1. The first kappa shape index (κ1) is 14.5. The molecule has 0 fully saturated rings. The Bertz CT molecular complexity index is 717. The lowest BCUT2D eigenvalue weighted by Gasteiger charge is -2.21. The molecule has 2 aromatic rings. The fraction of sp³-hybridized carbons (Fsp3) is 0.286. The average Bonchev–Trinajstić information content (AvgIpc) is 3.16.